The van der Waals surface area contributed by atoms with E-state index in [2.05, 4.69) is 54.0 Å². The van der Waals surface area contributed by atoms with Crippen LogP contribution >= 0.6 is 0 Å². The van der Waals surface area contributed by atoms with Crippen LogP contribution in [0.15, 0.2) is 48.5 Å². The van der Waals surface area contributed by atoms with Crippen LogP contribution in [0.4, 0.5) is 0 Å². The highest BCUT2D eigenvalue weighted by Crippen LogP contribution is 2.31. The van der Waals surface area contributed by atoms with E-state index in [-0.39, 0.29) is 6.10 Å². The van der Waals surface area contributed by atoms with E-state index in [1.807, 2.05) is 6.07 Å². The second-order valence-corrected chi connectivity index (χ2v) is 5.97. The summed E-state index contributed by atoms with van der Waals surface area (Å²) < 4.78 is 8.22. The fraction of sp³-hybridized carbons (Fsp3) is 0.316. The third-order valence-electron chi connectivity index (χ3n) is 4.49. The van der Waals surface area contributed by atoms with Crippen LogP contribution in [0.2, 0.25) is 0 Å². The second-order valence-electron chi connectivity index (χ2n) is 5.97. The molecule has 0 radical (unpaired) electrons. The largest absolute Gasteiger partial charge is 0.370 e. The summed E-state index contributed by atoms with van der Waals surface area (Å²) in [6, 6.07) is 16.9. The zero-order valence-corrected chi connectivity index (χ0v) is 12.8. The van der Waals surface area contributed by atoms with Crippen molar-refractivity contribution in [2.75, 3.05) is 6.61 Å². The van der Waals surface area contributed by atoms with E-state index in [4.69, 9.17) is 9.72 Å². The van der Waals surface area contributed by atoms with E-state index in [0.29, 0.717) is 0 Å². The van der Waals surface area contributed by atoms with E-state index in [0.717, 1.165) is 37.3 Å². The Hall–Kier alpha value is -2.13. The molecule has 1 saturated heterocycles. The summed E-state index contributed by atoms with van der Waals surface area (Å²) in [5, 5.41) is 0. The van der Waals surface area contributed by atoms with Crippen molar-refractivity contribution in [3.05, 3.63) is 65.5 Å². The molecule has 0 N–H and O–H groups in total. The van der Waals surface area contributed by atoms with Gasteiger partial charge in [0.15, 0.2) is 0 Å². The van der Waals surface area contributed by atoms with Crippen molar-refractivity contribution in [1.82, 2.24) is 9.55 Å². The number of rotatable bonds is 3. The predicted molar refractivity (Wildman–Crippen MR) is 87.9 cm³/mol. The molecule has 0 unspecified atom stereocenters. The molecule has 0 saturated carbocycles. The quantitative estimate of drug-likeness (QED) is 0.722. The molecule has 3 heteroatoms. The van der Waals surface area contributed by atoms with Gasteiger partial charge in [0.1, 0.15) is 11.9 Å². The topological polar surface area (TPSA) is 27.1 Å². The van der Waals surface area contributed by atoms with Crippen LogP contribution in [0, 0.1) is 6.92 Å². The van der Waals surface area contributed by atoms with Crippen molar-refractivity contribution in [3.8, 4) is 0 Å². The third-order valence-corrected chi connectivity index (χ3v) is 4.49. The molecule has 2 aromatic carbocycles. The van der Waals surface area contributed by atoms with Crippen LogP contribution in [0.25, 0.3) is 11.0 Å². The molecule has 22 heavy (non-hydrogen) atoms. The fourth-order valence-corrected chi connectivity index (χ4v) is 3.25. The van der Waals surface area contributed by atoms with Crippen molar-refractivity contribution in [2.45, 2.75) is 32.4 Å². The zero-order valence-electron chi connectivity index (χ0n) is 12.8. The van der Waals surface area contributed by atoms with Gasteiger partial charge in [-0.2, -0.15) is 0 Å². The summed E-state index contributed by atoms with van der Waals surface area (Å²) in [7, 11) is 0. The van der Waals surface area contributed by atoms with Gasteiger partial charge < -0.3 is 9.30 Å². The molecule has 0 amide bonds. The maximum absolute atomic E-state index is 5.89. The number of hydrogen-bond donors (Lipinski definition) is 0. The van der Waals surface area contributed by atoms with E-state index in [1.54, 1.807) is 0 Å². The Bertz CT molecular complexity index is 800. The van der Waals surface area contributed by atoms with Crippen LogP contribution < -0.4 is 0 Å². The summed E-state index contributed by atoms with van der Waals surface area (Å²) >= 11 is 0. The van der Waals surface area contributed by atoms with Gasteiger partial charge in [-0.1, -0.05) is 36.4 Å². The van der Waals surface area contributed by atoms with Crippen LogP contribution in [0.3, 0.4) is 0 Å². The number of benzene rings is 2. The van der Waals surface area contributed by atoms with Crippen molar-refractivity contribution in [1.29, 1.82) is 0 Å². The first-order valence-corrected chi connectivity index (χ1v) is 7.94. The molecule has 4 rings (SSSR count). The summed E-state index contributed by atoms with van der Waals surface area (Å²) in [6.45, 7) is 3.86. The lowest BCUT2D eigenvalue weighted by Gasteiger charge is -2.15. The predicted octanol–water partition coefficient (Wildman–Crippen LogP) is 4.24. The third kappa shape index (κ3) is 2.32. The number of nitrogens with zero attached hydrogens (tertiary/aromatic N) is 2. The van der Waals surface area contributed by atoms with Gasteiger partial charge in [-0.05, 0) is 43.0 Å². The van der Waals surface area contributed by atoms with E-state index < -0.39 is 0 Å². The molecule has 2 heterocycles. The average molecular weight is 292 g/mol. The van der Waals surface area contributed by atoms with Crippen LogP contribution in [-0.2, 0) is 11.3 Å². The fourth-order valence-electron chi connectivity index (χ4n) is 3.25. The summed E-state index contributed by atoms with van der Waals surface area (Å²) in [5.74, 6) is 1.07. The van der Waals surface area contributed by atoms with Gasteiger partial charge in [-0.15, -0.1) is 0 Å². The minimum absolute atomic E-state index is 0.136. The Morgan fingerprint density at radius 2 is 1.95 bits per heavy atom. The number of fused-ring (bicyclic) bond motifs is 1. The SMILES string of the molecule is Cc1ccccc1Cn1c([C@@H]2CCCO2)nc2ccccc21. The lowest BCUT2D eigenvalue weighted by atomic mass is 10.1. The molecule has 112 valence electrons. The Labute approximate surface area is 130 Å². The lowest BCUT2D eigenvalue weighted by Crippen LogP contribution is -2.10. The zero-order chi connectivity index (χ0) is 14.9. The monoisotopic (exact) mass is 292 g/mol. The van der Waals surface area contributed by atoms with Gasteiger partial charge in [-0.3, -0.25) is 0 Å². The smallest absolute Gasteiger partial charge is 0.139 e. The number of aryl methyl sites for hydroxylation is 1. The second kappa shape index (κ2) is 5.58. The summed E-state index contributed by atoms with van der Waals surface area (Å²) in [6.07, 6.45) is 2.33. The van der Waals surface area contributed by atoms with Crippen molar-refractivity contribution < 1.29 is 4.74 Å². The first-order valence-electron chi connectivity index (χ1n) is 7.94. The van der Waals surface area contributed by atoms with E-state index in [9.17, 15) is 0 Å². The van der Waals surface area contributed by atoms with Crippen molar-refractivity contribution >= 4 is 11.0 Å². The highest BCUT2D eigenvalue weighted by atomic mass is 16.5. The maximum atomic E-state index is 5.89. The van der Waals surface area contributed by atoms with Gasteiger partial charge in [0.05, 0.1) is 11.0 Å². The minimum Gasteiger partial charge on any atom is -0.370 e. The Morgan fingerprint density at radius 3 is 2.77 bits per heavy atom. The molecule has 1 fully saturated rings. The van der Waals surface area contributed by atoms with E-state index >= 15 is 0 Å². The highest BCUT2D eigenvalue weighted by Gasteiger charge is 2.24. The standard InChI is InChI=1S/C19H20N2O/c1-14-7-2-3-8-15(14)13-21-17-10-5-4-9-16(17)20-19(21)18-11-6-12-22-18/h2-5,7-10,18H,6,11-13H2,1H3/t18-/m0/s1. The number of para-hydroxylation sites is 2. The van der Waals surface area contributed by atoms with Crippen molar-refractivity contribution in [2.24, 2.45) is 0 Å². The highest BCUT2D eigenvalue weighted by molar-refractivity contribution is 5.76. The maximum Gasteiger partial charge on any atom is 0.139 e. The number of aromatic nitrogens is 2. The Kier molecular flexibility index (Phi) is 3.43. The summed E-state index contributed by atoms with van der Waals surface area (Å²) in [5.41, 5.74) is 4.90. The molecule has 0 bridgehead atoms. The first kappa shape index (κ1) is 13.5. The van der Waals surface area contributed by atoms with Crippen LogP contribution in [-0.4, -0.2) is 16.2 Å². The molecule has 1 atom stereocenters. The van der Waals surface area contributed by atoms with Gasteiger partial charge in [0.25, 0.3) is 0 Å². The van der Waals surface area contributed by atoms with Crippen LogP contribution in [0.1, 0.15) is 35.9 Å². The Morgan fingerprint density at radius 1 is 1.14 bits per heavy atom. The summed E-state index contributed by atoms with van der Waals surface area (Å²) in [4.78, 5) is 4.86. The van der Waals surface area contributed by atoms with Gasteiger partial charge in [-0.25, -0.2) is 4.98 Å². The molecule has 0 aliphatic carbocycles. The molecule has 1 aliphatic heterocycles. The molecule has 3 nitrogen and oxygen atoms in total. The first-order chi connectivity index (χ1) is 10.8. The average Bonchev–Trinajstić information content (AvgIpc) is 3.17. The number of ether oxygens (including phenoxy) is 1. The van der Waals surface area contributed by atoms with Crippen molar-refractivity contribution in [3.63, 3.8) is 0 Å². The molecule has 3 aromatic rings. The molecule has 1 aromatic heterocycles. The molecule has 1 aliphatic rings. The molecule has 0 spiro atoms. The minimum atomic E-state index is 0.136. The van der Waals surface area contributed by atoms with Gasteiger partial charge >= 0.3 is 0 Å². The molecular weight excluding hydrogens is 272 g/mol. The Balaban J connectivity index is 1.83. The molecular formula is C19H20N2O. The number of hydrogen-bond acceptors (Lipinski definition) is 2. The number of imidazole rings is 1. The lowest BCUT2D eigenvalue weighted by molar-refractivity contribution is 0.103. The van der Waals surface area contributed by atoms with Gasteiger partial charge in [0.2, 0.25) is 0 Å². The van der Waals surface area contributed by atoms with Crippen LogP contribution in [0.5, 0.6) is 0 Å². The van der Waals surface area contributed by atoms with Gasteiger partial charge in [0, 0.05) is 13.2 Å². The normalized spacial score (nSPS) is 18.1. The van der Waals surface area contributed by atoms with E-state index in [1.165, 1.54) is 16.6 Å².